The highest BCUT2D eigenvalue weighted by Gasteiger charge is 2.34. The van der Waals surface area contributed by atoms with Crippen molar-refractivity contribution in [3.05, 3.63) is 59.4 Å². The van der Waals surface area contributed by atoms with Gasteiger partial charge in [-0.25, -0.2) is 4.39 Å². The highest BCUT2D eigenvalue weighted by molar-refractivity contribution is 7.99. The van der Waals surface area contributed by atoms with Crippen LogP contribution in [-0.4, -0.2) is 5.75 Å². The zero-order valence-corrected chi connectivity index (χ0v) is 11.6. The quantitative estimate of drug-likeness (QED) is 0.774. The predicted molar refractivity (Wildman–Crippen MR) is 74.9 cm³/mol. The Balaban J connectivity index is 1.87. The maximum Gasteiger partial charge on any atom is 0.419 e. The molecule has 1 unspecified atom stereocenters. The highest BCUT2D eigenvalue weighted by Crippen LogP contribution is 2.40. The third-order valence-corrected chi connectivity index (χ3v) is 4.50. The largest absolute Gasteiger partial charge is 0.419 e. The van der Waals surface area contributed by atoms with Crippen molar-refractivity contribution < 1.29 is 17.6 Å². The lowest BCUT2D eigenvalue weighted by Crippen LogP contribution is -2.12. The second kappa shape index (κ2) is 5.26. The summed E-state index contributed by atoms with van der Waals surface area (Å²) in [6.07, 6.45) is -4.69. The van der Waals surface area contributed by atoms with Gasteiger partial charge in [0.25, 0.3) is 0 Å². The molecule has 0 spiro atoms. The number of nitrogens with one attached hydrogen (secondary N) is 1. The molecule has 0 bridgehead atoms. The summed E-state index contributed by atoms with van der Waals surface area (Å²) in [4.78, 5) is 1.12. The van der Waals surface area contributed by atoms with E-state index >= 15 is 0 Å². The molecular weight excluding hydrogens is 302 g/mol. The van der Waals surface area contributed by atoms with Crippen molar-refractivity contribution in [3.8, 4) is 0 Å². The van der Waals surface area contributed by atoms with Crippen molar-refractivity contribution in [2.75, 3.05) is 11.1 Å². The van der Waals surface area contributed by atoms with Gasteiger partial charge in [-0.15, -0.1) is 11.8 Å². The van der Waals surface area contributed by atoms with Gasteiger partial charge in [0, 0.05) is 16.3 Å². The number of rotatable bonds is 2. The standard InChI is InChI=1S/C15H11F4NS/c16-12-6-5-9(7-11(12)15(17,18)19)20-13-8-21-14-4-2-1-3-10(13)14/h1-7,13,20H,8H2. The van der Waals surface area contributed by atoms with E-state index in [0.717, 1.165) is 28.3 Å². The molecule has 0 saturated heterocycles. The first-order valence-corrected chi connectivity index (χ1v) is 7.29. The summed E-state index contributed by atoms with van der Waals surface area (Å²) in [5.41, 5.74) is 0.0813. The van der Waals surface area contributed by atoms with E-state index in [1.54, 1.807) is 11.8 Å². The monoisotopic (exact) mass is 313 g/mol. The predicted octanol–water partition coefficient (Wildman–Crippen LogP) is 5.10. The summed E-state index contributed by atoms with van der Waals surface area (Å²) in [5.74, 6) is -0.521. The summed E-state index contributed by atoms with van der Waals surface area (Å²) in [6.45, 7) is 0. The van der Waals surface area contributed by atoms with E-state index in [-0.39, 0.29) is 11.7 Å². The molecule has 21 heavy (non-hydrogen) atoms. The average Bonchev–Trinajstić information content (AvgIpc) is 2.83. The smallest absolute Gasteiger partial charge is 0.377 e. The topological polar surface area (TPSA) is 12.0 Å². The van der Waals surface area contributed by atoms with Gasteiger partial charge in [0.15, 0.2) is 0 Å². The molecule has 2 aromatic carbocycles. The third-order valence-electron chi connectivity index (χ3n) is 3.31. The number of fused-ring (bicyclic) bond motifs is 1. The molecule has 2 aromatic rings. The van der Waals surface area contributed by atoms with E-state index in [9.17, 15) is 17.6 Å². The lowest BCUT2D eigenvalue weighted by atomic mass is 10.1. The summed E-state index contributed by atoms with van der Waals surface area (Å²) in [6, 6.07) is 10.7. The number of hydrogen-bond acceptors (Lipinski definition) is 2. The molecule has 1 N–H and O–H groups in total. The molecule has 110 valence electrons. The molecule has 6 heteroatoms. The van der Waals surface area contributed by atoms with Crippen LogP contribution in [0.3, 0.4) is 0 Å². The first-order valence-electron chi connectivity index (χ1n) is 6.30. The van der Waals surface area contributed by atoms with Crippen LogP contribution in [0.15, 0.2) is 47.4 Å². The van der Waals surface area contributed by atoms with Crippen molar-refractivity contribution >= 4 is 17.4 Å². The van der Waals surface area contributed by atoms with Crippen LogP contribution < -0.4 is 5.32 Å². The van der Waals surface area contributed by atoms with Gasteiger partial charge in [-0.05, 0) is 29.8 Å². The van der Waals surface area contributed by atoms with E-state index < -0.39 is 17.6 Å². The lowest BCUT2D eigenvalue weighted by Gasteiger charge is -2.16. The average molecular weight is 313 g/mol. The Bertz CT molecular complexity index is 669. The maximum absolute atomic E-state index is 13.3. The van der Waals surface area contributed by atoms with Crippen molar-refractivity contribution in [1.82, 2.24) is 0 Å². The molecule has 1 aliphatic heterocycles. The molecule has 1 nitrogen and oxygen atoms in total. The molecule has 0 saturated carbocycles. The van der Waals surface area contributed by atoms with Crippen molar-refractivity contribution in [3.63, 3.8) is 0 Å². The van der Waals surface area contributed by atoms with Crippen LogP contribution in [0.1, 0.15) is 17.2 Å². The molecule has 1 atom stereocenters. The van der Waals surface area contributed by atoms with E-state index in [0.29, 0.717) is 0 Å². The Labute approximate surface area is 123 Å². The third kappa shape index (κ3) is 2.85. The number of benzene rings is 2. The minimum absolute atomic E-state index is 0.0715. The van der Waals surface area contributed by atoms with Gasteiger partial charge >= 0.3 is 6.18 Å². The first kappa shape index (κ1) is 14.3. The highest BCUT2D eigenvalue weighted by atomic mass is 32.2. The molecule has 1 aliphatic rings. The Morgan fingerprint density at radius 1 is 1.10 bits per heavy atom. The number of hydrogen-bond donors (Lipinski definition) is 1. The van der Waals surface area contributed by atoms with Gasteiger partial charge in [0.1, 0.15) is 5.82 Å². The lowest BCUT2D eigenvalue weighted by molar-refractivity contribution is -0.139. The van der Waals surface area contributed by atoms with Gasteiger partial charge < -0.3 is 5.32 Å². The van der Waals surface area contributed by atoms with Crippen LogP contribution in [0.4, 0.5) is 23.2 Å². The Kier molecular flexibility index (Phi) is 3.57. The Morgan fingerprint density at radius 3 is 2.62 bits per heavy atom. The second-order valence-electron chi connectivity index (χ2n) is 4.74. The molecular formula is C15H11F4NS. The van der Waals surface area contributed by atoms with Gasteiger partial charge in [0.2, 0.25) is 0 Å². The molecule has 0 amide bonds. The summed E-state index contributed by atoms with van der Waals surface area (Å²) in [7, 11) is 0. The number of alkyl halides is 3. The minimum atomic E-state index is -4.69. The van der Waals surface area contributed by atoms with Crippen LogP contribution in [0.5, 0.6) is 0 Å². The fourth-order valence-corrected chi connectivity index (χ4v) is 3.48. The number of thioether (sulfide) groups is 1. The Hall–Kier alpha value is -1.69. The minimum Gasteiger partial charge on any atom is -0.377 e. The summed E-state index contributed by atoms with van der Waals surface area (Å²) in [5, 5.41) is 3.05. The number of anilines is 1. The normalized spacial score (nSPS) is 17.6. The SMILES string of the molecule is Fc1ccc(NC2CSc3ccccc32)cc1C(F)(F)F. The van der Waals surface area contributed by atoms with Crippen LogP contribution >= 0.6 is 11.8 Å². The molecule has 0 radical (unpaired) electrons. The van der Waals surface area contributed by atoms with Crippen LogP contribution in [-0.2, 0) is 6.18 Å². The number of halogens is 4. The van der Waals surface area contributed by atoms with E-state index in [1.807, 2.05) is 24.3 Å². The van der Waals surface area contributed by atoms with Gasteiger partial charge in [-0.2, -0.15) is 13.2 Å². The maximum atomic E-state index is 13.3. The first-order chi connectivity index (χ1) is 9.95. The molecule has 3 rings (SSSR count). The summed E-state index contributed by atoms with van der Waals surface area (Å²) < 4.78 is 51.4. The van der Waals surface area contributed by atoms with E-state index in [2.05, 4.69) is 5.32 Å². The van der Waals surface area contributed by atoms with E-state index in [4.69, 9.17) is 0 Å². The van der Waals surface area contributed by atoms with Gasteiger partial charge in [-0.3, -0.25) is 0 Å². The fraction of sp³-hybridized carbons (Fsp3) is 0.200. The van der Waals surface area contributed by atoms with Crippen LogP contribution in [0, 0.1) is 5.82 Å². The van der Waals surface area contributed by atoms with Gasteiger partial charge in [0.05, 0.1) is 11.6 Å². The van der Waals surface area contributed by atoms with E-state index in [1.165, 1.54) is 6.07 Å². The zero-order chi connectivity index (χ0) is 15.0. The zero-order valence-electron chi connectivity index (χ0n) is 10.7. The van der Waals surface area contributed by atoms with Gasteiger partial charge in [-0.1, -0.05) is 18.2 Å². The van der Waals surface area contributed by atoms with Crippen LogP contribution in [0.25, 0.3) is 0 Å². The van der Waals surface area contributed by atoms with Crippen molar-refractivity contribution in [1.29, 1.82) is 0 Å². The molecule has 0 aliphatic carbocycles. The molecule has 0 aromatic heterocycles. The van der Waals surface area contributed by atoms with Crippen molar-refractivity contribution in [2.24, 2.45) is 0 Å². The van der Waals surface area contributed by atoms with Crippen LogP contribution in [0.2, 0.25) is 0 Å². The summed E-state index contributed by atoms with van der Waals surface area (Å²) >= 11 is 1.65. The van der Waals surface area contributed by atoms with Crippen molar-refractivity contribution in [2.45, 2.75) is 17.1 Å². The second-order valence-corrected chi connectivity index (χ2v) is 5.80. The molecule has 0 fully saturated rings. The fourth-order valence-electron chi connectivity index (χ4n) is 2.32. The molecule has 1 heterocycles. The Morgan fingerprint density at radius 2 is 1.86 bits per heavy atom.